The predicted molar refractivity (Wildman–Crippen MR) is 46.5 cm³/mol. The highest BCUT2D eigenvalue weighted by molar-refractivity contribution is 5.24. The van der Waals surface area contributed by atoms with Crippen LogP contribution in [0.5, 0.6) is 0 Å². The second-order valence-electron chi connectivity index (χ2n) is 3.60. The molecule has 4 atom stereocenters. The summed E-state index contributed by atoms with van der Waals surface area (Å²) in [5.74, 6) is -0.338. The molecule has 1 aliphatic carbocycles. The number of allylic oxidation sites excluding steroid dienone is 2. The van der Waals surface area contributed by atoms with Gasteiger partial charge in [0.05, 0.1) is 0 Å². The van der Waals surface area contributed by atoms with Gasteiger partial charge in [0.15, 0.2) is 0 Å². The molecule has 0 saturated heterocycles. The summed E-state index contributed by atoms with van der Waals surface area (Å²) in [5, 5.41) is 0. The molecule has 0 fully saturated rings. The summed E-state index contributed by atoms with van der Waals surface area (Å²) in [6.07, 6.45) is 0.641. The van der Waals surface area contributed by atoms with Crippen molar-refractivity contribution in [3.8, 4) is 0 Å². The Morgan fingerprint density at radius 1 is 1.50 bits per heavy atom. The summed E-state index contributed by atoms with van der Waals surface area (Å²) < 4.78 is 25.8. The molecule has 0 spiro atoms. The first-order chi connectivity index (χ1) is 5.57. The van der Waals surface area contributed by atoms with Gasteiger partial charge in [-0.2, -0.15) is 0 Å². The number of hydrogen-bond donors (Lipinski definition) is 0. The molecule has 0 aromatic heterocycles. The Morgan fingerprint density at radius 2 is 2.08 bits per heavy atom. The first-order valence-corrected chi connectivity index (χ1v) is 4.56. The Balaban J connectivity index is 2.59. The average Bonchev–Trinajstić information content (AvgIpc) is 1.99. The van der Waals surface area contributed by atoms with Gasteiger partial charge in [0.1, 0.15) is 12.3 Å². The van der Waals surface area contributed by atoms with E-state index in [0.29, 0.717) is 0 Å². The fourth-order valence-electron chi connectivity index (χ4n) is 1.77. The third kappa shape index (κ3) is 1.52. The lowest BCUT2D eigenvalue weighted by molar-refractivity contribution is 0.138. The summed E-state index contributed by atoms with van der Waals surface area (Å²) in [5.41, 5.74) is 1.08. The molecule has 0 aromatic rings. The van der Waals surface area contributed by atoms with Gasteiger partial charge in [-0.25, -0.2) is 8.78 Å². The van der Waals surface area contributed by atoms with Crippen molar-refractivity contribution < 1.29 is 8.78 Å². The standard InChI is InChI=1S/C10H16F2/c1-4-8-5-9(12)10(8)6(2)7(3)11/h5-7,9-10H,4H2,1-3H3/t6-,7-,9?,10-/m1/s1. The van der Waals surface area contributed by atoms with Crippen LogP contribution in [0, 0.1) is 11.8 Å². The van der Waals surface area contributed by atoms with Crippen LogP contribution in [0.3, 0.4) is 0 Å². The molecule has 12 heavy (non-hydrogen) atoms. The molecule has 0 radical (unpaired) electrons. The lowest BCUT2D eigenvalue weighted by atomic mass is 9.72. The van der Waals surface area contributed by atoms with Gasteiger partial charge in [-0.15, -0.1) is 0 Å². The molecular formula is C10H16F2. The van der Waals surface area contributed by atoms with Gasteiger partial charge < -0.3 is 0 Å². The topological polar surface area (TPSA) is 0 Å². The van der Waals surface area contributed by atoms with Crippen LogP contribution in [0.15, 0.2) is 11.6 Å². The number of hydrogen-bond acceptors (Lipinski definition) is 0. The Labute approximate surface area is 72.7 Å². The van der Waals surface area contributed by atoms with Crippen molar-refractivity contribution in [3.05, 3.63) is 11.6 Å². The van der Waals surface area contributed by atoms with E-state index in [9.17, 15) is 8.78 Å². The molecule has 2 heteroatoms. The van der Waals surface area contributed by atoms with Gasteiger partial charge in [0, 0.05) is 5.92 Å². The normalized spacial score (nSPS) is 33.6. The Morgan fingerprint density at radius 3 is 2.42 bits per heavy atom. The molecule has 0 aliphatic heterocycles. The molecule has 0 saturated carbocycles. The van der Waals surface area contributed by atoms with Gasteiger partial charge >= 0.3 is 0 Å². The number of halogens is 2. The van der Waals surface area contributed by atoms with Crippen molar-refractivity contribution in [1.82, 2.24) is 0 Å². The maximum absolute atomic E-state index is 13.0. The van der Waals surface area contributed by atoms with Gasteiger partial charge in [-0.1, -0.05) is 25.5 Å². The first-order valence-electron chi connectivity index (χ1n) is 4.56. The second-order valence-corrected chi connectivity index (χ2v) is 3.60. The zero-order chi connectivity index (χ0) is 9.30. The van der Waals surface area contributed by atoms with Crippen molar-refractivity contribution in [2.24, 2.45) is 11.8 Å². The molecule has 0 bridgehead atoms. The molecule has 0 heterocycles. The van der Waals surface area contributed by atoms with Crippen molar-refractivity contribution in [3.63, 3.8) is 0 Å². The van der Waals surface area contributed by atoms with Gasteiger partial charge in [0.25, 0.3) is 0 Å². The molecule has 1 aliphatic rings. The van der Waals surface area contributed by atoms with E-state index in [-0.39, 0.29) is 11.8 Å². The summed E-state index contributed by atoms with van der Waals surface area (Å²) in [6, 6.07) is 0. The van der Waals surface area contributed by atoms with E-state index in [2.05, 4.69) is 0 Å². The lowest BCUT2D eigenvalue weighted by Gasteiger charge is -2.36. The van der Waals surface area contributed by atoms with Crippen molar-refractivity contribution in [2.75, 3.05) is 0 Å². The van der Waals surface area contributed by atoms with Crippen LogP contribution in [0.1, 0.15) is 27.2 Å². The quantitative estimate of drug-likeness (QED) is 0.576. The van der Waals surface area contributed by atoms with Crippen LogP contribution in [0.25, 0.3) is 0 Å². The van der Waals surface area contributed by atoms with E-state index in [1.165, 1.54) is 6.92 Å². The third-order valence-electron chi connectivity index (χ3n) is 2.84. The van der Waals surface area contributed by atoms with Crippen LogP contribution >= 0.6 is 0 Å². The minimum absolute atomic E-state index is 0.157. The molecule has 0 aromatic carbocycles. The fraction of sp³-hybridized carbons (Fsp3) is 0.800. The summed E-state index contributed by atoms with van der Waals surface area (Å²) in [4.78, 5) is 0. The maximum atomic E-state index is 13.0. The van der Waals surface area contributed by atoms with Crippen LogP contribution < -0.4 is 0 Å². The Bertz CT molecular complexity index is 184. The summed E-state index contributed by atoms with van der Waals surface area (Å²) >= 11 is 0. The zero-order valence-electron chi connectivity index (χ0n) is 7.85. The highest BCUT2D eigenvalue weighted by Gasteiger charge is 2.37. The van der Waals surface area contributed by atoms with Crippen LogP contribution in [0.4, 0.5) is 8.78 Å². The molecule has 1 unspecified atom stereocenters. The van der Waals surface area contributed by atoms with E-state index >= 15 is 0 Å². The van der Waals surface area contributed by atoms with Gasteiger partial charge in [-0.05, 0) is 19.3 Å². The molecule has 1 rings (SSSR count). The number of alkyl halides is 2. The Kier molecular flexibility index (Phi) is 2.86. The van der Waals surface area contributed by atoms with E-state index in [1.54, 1.807) is 13.0 Å². The number of rotatable bonds is 3. The van der Waals surface area contributed by atoms with E-state index in [4.69, 9.17) is 0 Å². The summed E-state index contributed by atoms with van der Waals surface area (Å²) in [7, 11) is 0. The van der Waals surface area contributed by atoms with Gasteiger partial charge in [-0.3, -0.25) is 0 Å². The largest absolute Gasteiger partial charge is 0.247 e. The zero-order valence-corrected chi connectivity index (χ0v) is 7.85. The molecular weight excluding hydrogens is 158 g/mol. The maximum Gasteiger partial charge on any atom is 0.125 e. The van der Waals surface area contributed by atoms with Crippen molar-refractivity contribution >= 4 is 0 Å². The monoisotopic (exact) mass is 174 g/mol. The highest BCUT2D eigenvalue weighted by Crippen LogP contribution is 2.39. The Hall–Kier alpha value is -0.400. The van der Waals surface area contributed by atoms with Gasteiger partial charge in [0.2, 0.25) is 0 Å². The smallest absolute Gasteiger partial charge is 0.125 e. The van der Waals surface area contributed by atoms with E-state index in [0.717, 1.165) is 12.0 Å². The van der Waals surface area contributed by atoms with Crippen molar-refractivity contribution in [2.45, 2.75) is 39.5 Å². The lowest BCUT2D eigenvalue weighted by Crippen LogP contribution is -2.35. The minimum Gasteiger partial charge on any atom is -0.247 e. The van der Waals surface area contributed by atoms with Crippen LogP contribution in [0.2, 0.25) is 0 Å². The van der Waals surface area contributed by atoms with E-state index < -0.39 is 12.3 Å². The minimum atomic E-state index is -0.913. The molecule has 0 nitrogen and oxygen atoms in total. The average molecular weight is 174 g/mol. The van der Waals surface area contributed by atoms with Crippen LogP contribution in [-0.4, -0.2) is 12.3 Å². The molecule has 0 N–H and O–H groups in total. The van der Waals surface area contributed by atoms with Crippen molar-refractivity contribution in [1.29, 1.82) is 0 Å². The highest BCUT2D eigenvalue weighted by atomic mass is 19.1. The molecule has 70 valence electrons. The van der Waals surface area contributed by atoms with E-state index in [1.807, 2.05) is 6.92 Å². The predicted octanol–water partition coefficient (Wildman–Crippen LogP) is 3.28. The second kappa shape index (κ2) is 3.55. The van der Waals surface area contributed by atoms with Crippen LogP contribution in [-0.2, 0) is 0 Å². The fourth-order valence-corrected chi connectivity index (χ4v) is 1.77. The first kappa shape index (κ1) is 9.69. The SMILES string of the molecule is CCC1=CC(F)[C@@H]1[C@H](C)[C@@H](C)F. The molecule has 0 amide bonds. The summed E-state index contributed by atoms with van der Waals surface area (Å²) in [6.45, 7) is 5.27. The third-order valence-corrected chi connectivity index (χ3v) is 2.84.